The lowest BCUT2D eigenvalue weighted by Crippen LogP contribution is -1.94. The van der Waals surface area contributed by atoms with Crippen LogP contribution in [0.2, 0.25) is 5.02 Å². The monoisotopic (exact) mass is 252 g/mol. The Morgan fingerprint density at radius 3 is 2.88 bits per heavy atom. The molecule has 0 aliphatic carbocycles. The number of rotatable bonds is 2. The Balaban J connectivity index is 2.28. The number of hydrogen-bond donors (Lipinski definition) is 1. The number of hydrogen-bond acceptors (Lipinski definition) is 4. The molecule has 2 aromatic rings. The molecule has 0 fully saturated rings. The van der Waals surface area contributed by atoms with Crippen molar-refractivity contribution >= 4 is 30.4 Å². The second-order valence-corrected chi connectivity index (χ2v) is 4.00. The quantitative estimate of drug-likeness (QED) is 0.659. The molecule has 0 aliphatic rings. The average molecular weight is 253 g/mol. The van der Waals surface area contributed by atoms with Crippen LogP contribution in [0.15, 0.2) is 34.5 Å². The molecule has 0 radical (unpaired) electrons. The average Bonchev–Trinajstić information content (AvgIpc) is 2.56. The van der Waals surface area contributed by atoms with Gasteiger partial charge in [0.25, 0.3) is 0 Å². The summed E-state index contributed by atoms with van der Waals surface area (Å²) in [5.41, 5.74) is 0.910. The largest absolute Gasteiger partial charge is 0.208 e. The first-order valence-electron chi connectivity index (χ1n) is 4.58. The zero-order chi connectivity index (χ0) is 11.5. The maximum Gasteiger partial charge on any atom is 0.208 e. The van der Waals surface area contributed by atoms with E-state index in [1.165, 1.54) is 0 Å². The van der Waals surface area contributed by atoms with E-state index in [4.69, 9.17) is 11.6 Å². The van der Waals surface area contributed by atoms with E-state index in [9.17, 15) is 0 Å². The fourth-order valence-electron chi connectivity index (χ4n) is 1.19. The van der Waals surface area contributed by atoms with Gasteiger partial charge in [-0.2, -0.15) is 9.78 Å². The van der Waals surface area contributed by atoms with Crippen LogP contribution in [0.5, 0.6) is 0 Å². The van der Waals surface area contributed by atoms with Crippen LogP contribution in [0.1, 0.15) is 11.4 Å². The molecule has 0 amide bonds. The summed E-state index contributed by atoms with van der Waals surface area (Å²) in [4.78, 5) is 0. The lowest BCUT2D eigenvalue weighted by atomic mass is 10.2. The normalized spacial score (nSPS) is 11.2. The lowest BCUT2D eigenvalue weighted by molar-refractivity contribution is 0.747. The van der Waals surface area contributed by atoms with Crippen molar-refractivity contribution in [3.05, 3.63) is 40.7 Å². The lowest BCUT2D eigenvalue weighted by Gasteiger charge is -1.97. The summed E-state index contributed by atoms with van der Waals surface area (Å²) in [6.45, 7) is 1.81. The van der Waals surface area contributed by atoms with Gasteiger partial charge in [0.2, 0.25) is 5.16 Å². The fourth-order valence-corrected chi connectivity index (χ4v) is 1.63. The highest BCUT2D eigenvalue weighted by molar-refractivity contribution is 7.80. The van der Waals surface area contributed by atoms with Gasteiger partial charge < -0.3 is 0 Å². The van der Waals surface area contributed by atoms with E-state index in [0.717, 1.165) is 5.56 Å². The molecular weight excluding hydrogens is 244 g/mol. The molecule has 1 heterocycles. The molecular formula is C10H9ClN4S. The maximum absolute atomic E-state index is 5.86. The van der Waals surface area contributed by atoms with Gasteiger partial charge in [-0.1, -0.05) is 23.7 Å². The van der Waals surface area contributed by atoms with E-state index < -0.39 is 0 Å². The molecule has 0 saturated carbocycles. The Bertz CT molecular complexity index is 516. The Morgan fingerprint density at radius 1 is 1.44 bits per heavy atom. The van der Waals surface area contributed by atoms with Crippen LogP contribution in [-0.4, -0.2) is 21.1 Å². The van der Waals surface area contributed by atoms with E-state index in [1.54, 1.807) is 10.9 Å². The van der Waals surface area contributed by atoms with Gasteiger partial charge in [-0.05, 0) is 24.6 Å². The number of halogens is 1. The summed E-state index contributed by atoms with van der Waals surface area (Å²) in [5.74, 6) is 0.684. The number of nitrogens with zero attached hydrogens (tertiary/aromatic N) is 4. The van der Waals surface area contributed by atoms with E-state index in [-0.39, 0.29) is 0 Å². The Labute approximate surface area is 103 Å². The number of aromatic nitrogens is 3. The Kier molecular flexibility index (Phi) is 3.26. The van der Waals surface area contributed by atoms with Gasteiger partial charge in [0, 0.05) is 5.02 Å². The minimum Gasteiger partial charge on any atom is -0.192 e. The third-order valence-electron chi connectivity index (χ3n) is 1.95. The van der Waals surface area contributed by atoms with Gasteiger partial charge in [-0.3, -0.25) is 0 Å². The first-order valence-corrected chi connectivity index (χ1v) is 5.40. The second-order valence-electron chi connectivity index (χ2n) is 3.16. The smallest absolute Gasteiger partial charge is 0.192 e. The minimum absolute atomic E-state index is 0.454. The summed E-state index contributed by atoms with van der Waals surface area (Å²) in [6, 6.07) is 7.41. The summed E-state index contributed by atoms with van der Waals surface area (Å²) in [6.07, 6.45) is 1.68. The van der Waals surface area contributed by atoms with Gasteiger partial charge in [0.05, 0.1) is 6.21 Å². The molecule has 0 bridgehead atoms. The minimum atomic E-state index is 0.454. The molecule has 0 atom stereocenters. The molecule has 4 nitrogen and oxygen atoms in total. The molecule has 0 N–H and O–H groups in total. The van der Waals surface area contributed by atoms with Crippen LogP contribution in [0.3, 0.4) is 0 Å². The molecule has 0 unspecified atom stereocenters. The molecule has 1 aromatic carbocycles. The van der Waals surface area contributed by atoms with Gasteiger partial charge in [-0.15, -0.1) is 22.8 Å². The van der Waals surface area contributed by atoms with Crippen molar-refractivity contribution in [3.8, 4) is 0 Å². The predicted molar refractivity (Wildman–Crippen MR) is 66.5 cm³/mol. The summed E-state index contributed by atoms with van der Waals surface area (Å²) < 4.78 is 1.55. The summed E-state index contributed by atoms with van der Waals surface area (Å²) in [7, 11) is 0. The maximum atomic E-state index is 5.86. The van der Waals surface area contributed by atoms with Crippen molar-refractivity contribution in [1.82, 2.24) is 14.9 Å². The first-order chi connectivity index (χ1) is 7.66. The summed E-state index contributed by atoms with van der Waals surface area (Å²) >= 11 is 9.99. The molecule has 0 spiro atoms. The van der Waals surface area contributed by atoms with Crippen molar-refractivity contribution in [3.63, 3.8) is 0 Å². The molecule has 16 heavy (non-hydrogen) atoms. The third-order valence-corrected chi connectivity index (χ3v) is 2.47. The fraction of sp³-hybridized carbons (Fsp3) is 0.100. The zero-order valence-corrected chi connectivity index (χ0v) is 10.2. The molecule has 82 valence electrons. The Morgan fingerprint density at radius 2 is 2.25 bits per heavy atom. The molecule has 0 aliphatic heterocycles. The van der Waals surface area contributed by atoms with Gasteiger partial charge >= 0.3 is 0 Å². The SMILES string of the molecule is Cc1nnc(S)n1N=Cc1cccc(Cl)c1. The van der Waals surface area contributed by atoms with E-state index in [1.807, 2.05) is 31.2 Å². The van der Waals surface area contributed by atoms with Crippen LogP contribution in [-0.2, 0) is 0 Å². The first kappa shape index (κ1) is 11.2. The van der Waals surface area contributed by atoms with Crippen LogP contribution >= 0.6 is 24.2 Å². The van der Waals surface area contributed by atoms with E-state index in [2.05, 4.69) is 27.9 Å². The van der Waals surface area contributed by atoms with Crippen molar-refractivity contribution in [2.24, 2.45) is 5.10 Å². The molecule has 1 aromatic heterocycles. The van der Waals surface area contributed by atoms with Crippen LogP contribution in [0.25, 0.3) is 0 Å². The van der Waals surface area contributed by atoms with Crippen molar-refractivity contribution in [1.29, 1.82) is 0 Å². The number of benzene rings is 1. The van der Waals surface area contributed by atoms with Crippen molar-refractivity contribution in [2.75, 3.05) is 0 Å². The molecule has 6 heteroatoms. The molecule has 2 rings (SSSR count). The topological polar surface area (TPSA) is 43.1 Å². The van der Waals surface area contributed by atoms with Crippen molar-refractivity contribution in [2.45, 2.75) is 12.1 Å². The van der Waals surface area contributed by atoms with E-state index >= 15 is 0 Å². The van der Waals surface area contributed by atoms with Gasteiger partial charge in [0.15, 0.2) is 5.82 Å². The highest BCUT2D eigenvalue weighted by Crippen LogP contribution is 2.10. The number of aryl methyl sites for hydroxylation is 1. The second kappa shape index (κ2) is 4.67. The van der Waals surface area contributed by atoms with Crippen LogP contribution in [0, 0.1) is 6.92 Å². The summed E-state index contributed by atoms with van der Waals surface area (Å²) in [5, 5.41) is 13.0. The van der Waals surface area contributed by atoms with Crippen molar-refractivity contribution < 1.29 is 0 Å². The Hall–Kier alpha value is -1.33. The highest BCUT2D eigenvalue weighted by atomic mass is 35.5. The highest BCUT2D eigenvalue weighted by Gasteiger charge is 2.01. The number of thiol groups is 1. The van der Waals surface area contributed by atoms with Gasteiger partial charge in [-0.25, -0.2) is 0 Å². The third kappa shape index (κ3) is 2.43. The van der Waals surface area contributed by atoms with Crippen LogP contribution in [0.4, 0.5) is 0 Å². The van der Waals surface area contributed by atoms with Crippen LogP contribution < -0.4 is 0 Å². The molecule has 0 saturated heterocycles. The van der Waals surface area contributed by atoms with E-state index in [0.29, 0.717) is 16.0 Å². The zero-order valence-electron chi connectivity index (χ0n) is 8.50. The standard InChI is InChI=1S/C10H9ClN4S/c1-7-13-14-10(16)15(7)12-6-8-3-2-4-9(11)5-8/h2-6H,1H3,(H,14,16). The van der Waals surface area contributed by atoms with Gasteiger partial charge in [0.1, 0.15) is 0 Å². The predicted octanol–water partition coefficient (Wildman–Crippen LogP) is 2.41.